The van der Waals surface area contributed by atoms with Crippen molar-refractivity contribution in [3.8, 4) is 0 Å². The largest absolute Gasteiger partial charge is 0.350 e. The van der Waals surface area contributed by atoms with E-state index in [9.17, 15) is 0 Å². The SMILES string of the molecule is CCN1CCC2(CC1)N=C(c1ccc(Cl)cc1)C(=S)N2. The second-order valence-electron chi connectivity index (χ2n) is 5.39. The zero-order chi connectivity index (χ0) is 14.2. The van der Waals surface area contributed by atoms with E-state index in [1.807, 2.05) is 24.3 Å². The third-order valence-corrected chi connectivity index (χ3v) is 4.68. The first-order valence-electron chi connectivity index (χ1n) is 7.02. The van der Waals surface area contributed by atoms with Crippen molar-refractivity contribution in [3.05, 3.63) is 34.9 Å². The maximum atomic E-state index is 5.94. The Balaban J connectivity index is 1.84. The van der Waals surface area contributed by atoms with Crippen molar-refractivity contribution in [1.82, 2.24) is 10.2 Å². The van der Waals surface area contributed by atoms with Gasteiger partial charge in [-0.1, -0.05) is 42.9 Å². The first-order valence-corrected chi connectivity index (χ1v) is 7.81. The molecule has 1 fully saturated rings. The number of halogens is 1. The Morgan fingerprint density at radius 3 is 2.55 bits per heavy atom. The minimum atomic E-state index is -0.183. The maximum absolute atomic E-state index is 5.94. The molecular formula is C15H18ClN3S. The van der Waals surface area contributed by atoms with Crippen LogP contribution >= 0.6 is 23.8 Å². The fraction of sp³-hybridized carbons (Fsp3) is 0.467. The maximum Gasteiger partial charge on any atom is 0.133 e. The summed E-state index contributed by atoms with van der Waals surface area (Å²) < 4.78 is 0. The minimum Gasteiger partial charge on any atom is -0.350 e. The molecule has 0 atom stereocenters. The standard InChI is InChI=1S/C15H18ClN3S/c1-2-19-9-7-15(8-10-19)17-13(14(20)18-15)11-3-5-12(16)6-4-11/h3-6H,2,7-10H2,1H3,(H,18,20). The lowest BCUT2D eigenvalue weighted by Crippen LogP contribution is -2.50. The molecule has 2 aliphatic heterocycles. The lowest BCUT2D eigenvalue weighted by molar-refractivity contribution is 0.164. The third-order valence-electron chi connectivity index (χ3n) is 4.14. The Bertz CT molecular complexity index is 545. The fourth-order valence-corrected chi connectivity index (χ4v) is 3.32. The number of aliphatic imine (C=N–C) groups is 1. The summed E-state index contributed by atoms with van der Waals surface area (Å²) in [7, 11) is 0. The lowest BCUT2D eigenvalue weighted by Gasteiger charge is -2.37. The van der Waals surface area contributed by atoms with E-state index in [-0.39, 0.29) is 5.66 Å². The average molecular weight is 308 g/mol. The first-order chi connectivity index (χ1) is 9.62. The molecule has 0 aromatic heterocycles. The van der Waals surface area contributed by atoms with Crippen molar-refractivity contribution >= 4 is 34.5 Å². The molecule has 2 heterocycles. The van der Waals surface area contributed by atoms with Gasteiger partial charge in [-0.15, -0.1) is 0 Å². The molecule has 1 N–H and O–H groups in total. The number of nitrogens with zero attached hydrogens (tertiary/aromatic N) is 2. The molecule has 0 saturated carbocycles. The number of hydrogen-bond acceptors (Lipinski definition) is 3. The highest BCUT2D eigenvalue weighted by Crippen LogP contribution is 2.29. The van der Waals surface area contributed by atoms with Gasteiger partial charge in [0.25, 0.3) is 0 Å². The van der Waals surface area contributed by atoms with Gasteiger partial charge in [-0.05, 0) is 18.7 Å². The Morgan fingerprint density at radius 2 is 1.95 bits per heavy atom. The van der Waals surface area contributed by atoms with Crippen LogP contribution in [0.15, 0.2) is 29.3 Å². The highest BCUT2D eigenvalue weighted by molar-refractivity contribution is 7.82. The van der Waals surface area contributed by atoms with Crippen LogP contribution in [0.1, 0.15) is 25.3 Å². The molecule has 3 rings (SSSR count). The minimum absolute atomic E-state index is 0.183. The van der Waals surface area contributed by atoms with Crippen LogP contribution in [-0.2, 0) is 0 Å². The number of rotatable bonds is 2. The van der Waals surface area contributed by atoms with Gasteiger partial charge < -0.3 is 10.2 Å². The van der Waals surface area contributed by atoms with Crippen LogP contribution in [0.4, 0.5) is 0 Å². The molecule has 20 heavy (non-hydrogen) atoms. The Morgan fingerprint density at radius 1 is 1.30 bits per heavy atom. The monoisotopic (exact) mass is 307 g/mol. The molecule has 0 unspecified atom stereocenters. The van der Waals surface area contributed by atoms with E-state index in [0.717, 1.165) is 53.8 Å². The summed E-state index contributed by atoms with van der Waals surface area (Å²) in [6, 6.07) is 7.73. The van der Waals surface area contributed by atoms with Crippen LogP contribution in [0.25, 0.3) is 0 Å². The van der Waals surface area contributed by atoms with Gasteiger partial charge in [-0.3, -0.25) is 4.99 Å². The van der Waals surface area contributed by atoms with Crippen molar-refractivity contribution < 1.29 is 0 Å². The molecule has 0 aliphatic carbocycles. The number of thiocarbonyl (C=S) groups is 1. The van der Waals surface area contributed by atoms with Gasteiger partial charge in [0.1, 0.15) is 16.4 Å². The van der Waals surface area contributed by atoms with E-state index in [4.69, 9.17) is 28.8 Å². The molecule has 5 heteroatoms. The second-order valence-corrected chi connectivity index (χ2v) is 6.23. The Labute approximate surface area is 130 Å². The predicted octanol–water partition coefficient (Wildman–Crippen LogP) is 2.87. The van der Waals surface area contributed by atoms with Gasteiger partial charge in [0.2, 0.25) is 0 Å². The third kappa shape index (κ3) is 2.60. The zero-order valence-electron chi connectivity index (χ0n) is 11.5. The summed E-state index contributed by atoms with van der Waals surface area (Å²) >= 11 is 11.4. The van der Waals surface area contributed by atoms with Crippen LogP contribution in [0, 0.1) is 0 Å². The summed E-state index contributed by atoms with van der Waals surface area (Å²) in [5.41, 5.74) is 1.76. The van der Waals surface area contributed by atoms with Crippen molar-refractivity contribution in [2.75, 3.05) is 19.6 Å². The van der Waals surface area contributed by atoms with Crippen LogP contribution < -0.4 is 5.32 Å². The predicted molar refractivity (Wildman–Crippen MR) is 87.8 cm³/mol. The van der Waals surface area contributed by atoms with E-state index < -0.39 is 0 Å². The molecule has 0 radical (unpaired) electrons. The first kappa shape index (κ1) is 14.0. The van der Waals surface area contributed by atoms with E-state index in [0.29, 0.717) is 0 Å². The summed E-state index contributed by atoms with van der Waals surface area (Å²) in [4.78, 5) is 8.13. The quantitative estimate of drug-likeness (QED) is 0.852. The normalized spacial score (nSPS) is 21.9. The van der Waals surface area contributed by atoms with Crippen molar-refractivity contribution in [1.29, 1.82) is 0 Å². The van der Waals surface area contributed by atoms with E-state index in [1.165, 1.54) is 0 Å². The Hall–Kier alpha value is -0.970. The molecule has 1 spiro atoms. The number of likely N-dealkylation sites (tertiary alicyclic amines) is 1. The molecule has 0 amide bonds. The molecule has 0 bridgehead atoms. The van der Waals surface area contributed by atoms with Crippen molar-refractivity contribution in [2.24, 2.45) is 4.99 Å². The summed E-state index contributed by atoms with van der Waals surface area (Å²) in [6.07, 6.45) is 2.02. The molecule has 1 saturated heterocycles. The fourth-order valence-electron chi connectivity index (χ4n) is 2.84. The molecule has 106 valence electrons. The molecule has 1 aromatic carbocycles. The number of benzene rings is 1. The second kappa shape index (κ2) is 5.43. The van der Waals surface area contributed by atoms with Crippen LogP contribution in [0.2, 0.25) is 5.02 Å². The van der Waals surface area contributed by atoms with Gasteiger partial charge in [0, 0.05) is 36.5 Å². The van der Waals surface area contributed by atoms with Gasteiger partial charge in [0.05, 0.1) is 0 Å². The highest BCUT2D eigenvalue weighted by atomic mass is 35.5. The molecule has 2 aliphatic rings. The van der Waals surface area contributed by atoms with Gasteiger partial charge in [-0.25, -0.2) is 0 Å². The lowest BCUT2D eigenvalue weighted by atomic mass is 9.98. The van der Waals surface area contributed by atoms with E-state index in [1.54, 1.807) is 0 Å². The summed E-state index contributed by atoms with van der Waals surface area (Å²) in [5, 5.41) is 4.18. The van der Waals surface area contributed by atoms with Gasteiger partial charge >= 0.3 is 0 Å². The Kier molecular flexibility index (Phi) is 3.80. The zero-order valence-corrected chi connectivity index (χ0v) is 13.1. The molecule has 1 aromatic rings. The average Bonchev–Trinajstić information content (AvgIpc) is 2.77. The summed E-state index contributed by atoms with van der Waals surface area (Å²) in [6.45, 7) is 5.45. The molecular weight excluding hydrogens is 290 g/mol. The van der Waals surface area contributed by atoms with Crippen LogP contribution in [-0.4, -0.2) is 40.9 Å². The van der Waals surface area contributed by atoms with Crippen molar-refractivity contribution in [3.63, 3.8) is 0 Å². The highest BCUT2D eigenvalue weighted by Gasteiger charge is 2.39. The van der Waals surface area contributed by atoms with E-state index >= 15 is 0 Å². The van der Waals surface area contributed by atoms with Gasteiger partial charge in [-0.2, -0.15) is 0 Å². The van der Waals surface area contributed by atoms with E-state index in [2.05, 4.69) is 17.1 Å². The van der Waals surface area contributed by atoms with Crippen LogP contribution in [0.5, 0.6) is 0 Å². The summed E-state index contributed by atoms with van der Waals surface area (Å²) in [5.74, 6) is 0. The van der Waals surface area contributed by atoms with Crippen molar-refractivity contribution in [2.45, 2.75) is 25.4 Å². The number of hydrogen-bond donors (Lipinski definition) is 1. The smallest absolute Gasteiger partial charge is 0.133 e. The van der Waals surface area contributed by atoms with Crippen LogP contribution in [0.3, 0.4) is 0 Å². The number of piperidine rings is 1. The molecule has 3 nitrogen and oxygen atoms in total. The number of nitrogens with one attached hydrogen (secondary N) is 1. The topological polar surface area (TPSA) is 27.6 Å². The van der Waals surface area contributed by atoms with Gasteiger partial charge in [0.15, 0.2) is 0 Å².